The maximum atomic E-state index is 5.53. The number of hydrogen-bond donors (Lipinski definition) is 2. The van der Waals surface area contributed by atoms with E-state index in [9.17, 15) is 0 Å². The van der Waals surface area contributed by atoms with Crippen LogP contribution in [0, 0.1) is 0 Å². The molecule has 0 saturated heterocycles. The van der Waals surface area contributed by atoms with Crippen LogP contribution in [0.2, 0.25) is 0 Å². The number of nitrogen functional groups attached to an aromatic ring is 1. The SMILES string of the molecule is Nc1nc(Br)c(CCc2cccs2)[nH]1. The van der Waals surface area contributed by atoms with Gasteiger partial charge in [-0.2, -0.15) is 0 Å². The van der Waals surface area contributed by atoms with E-state index in [1.165, 1.54) is 4.88 Å². The number of aromatic amines is 1. The van der Waals surface area contributed by atoms with Crippen LogP contribution in [0.5, 0.6) is 0 Å². The smallest absolute Gasteiger partial charge is 0.198 e. The van der Waals surface area contributed by atoms with Crippen molar-refractivity contribution in [2.75, 3.05) is 5.73 Å². The quantitative estimate of drug-likeness (QED) is 0.902. The lowest BCUT2D eigenvalue weighted by Crippen LogP contribution is -1.91. The highest BCUT2D eigenvalue weighted by Crippen LogP contribution is 2.18. The Bertz CT molecular complexity index is 408. The van der Waals surface area contributed by atoms with E-state index < -0.39 is 0 Å². The summed E-state index contributed by atoms with van der Waals surface area (Å²) in [5, 5.41) is 2.09. The molecule has 3 nitrogen and oxygen atoms in total. The second-order valence-electron chi connectivity index (χ2n) is 2.97. The summed E-state index contributed by atoms with van der Waals surface area (Å²) in [6, 6.07) is 4.20. The number of H-pyrrole nitrogens is 1. The van der Waals surface area contributed by atoms with Crippen molar-refractivity contribution in [1.82, 2.24) is 9.97 Å². The summed E-state index contributed by atoms with van der Waals surface area (Å²) in [4.78, 5) is 8.46. The molecular formula is C9H10BrN3S. The van der Waals surface area contributed by atoms with Gasteiger partial charge in [0.05, 0.1) is 5.69 Å². The molecule has 3 N–H and O–H groups in total. The van der Waals surface area contributed by atoms with E-state index in [0.29, 0.717) is 5.95 Å². The largest absolute Gasteiger partial charge is 0.369 e. The topological polar surface area (TPSA) is 54.7 Å². The Labute approximate surface area is 94.5 Å². The van der Waals surface area contributed by atoms with E-state index in [-0.39, 0.29) is 0 Å². The minimum atomic E-state index is 0.470. The van der Waals surface area contributed by atoms with Gasteiger partial charge in [-0.15, -0.1) is 11.3 Å². The van der Waals surface area contributed by atoms with Gasteiger partial charge >= 0.3 is 0 Å². The van der Waals surface area contributed by atoms with Gasteiger partial charge in [0.1, 0.15) is 4.60 Å². The van der Waals surface area contributed by atoms with Gasteiger partial charge < -0.3 is 10.7 Å². The van der Waals surface area contributed by atoms with Crippen molar-refractivity contribution in [3.63, 3.8) is 0 Å². The minimum Gasteiger partial charge on any atom is -0.369 e. The van der Waals surface area contributed by atoms with Crippen LogP contribution < -0.4 is 5.73 Å². The van der Waals surface area contributed by atoms with Crippen molar-refractivity contribution in [1.29, 1.82) is 0 Å². The Hall–Kier alpha value is -0.810. The van der Waals surface area contributed by atoms with Gasteiger partial charge in [0.2, 0.25) is 0 Å². The first kappa shape index (κ1) is 9.73. The van der Waals surface area contributed by atoms with Crippen molar-refractivity contribution >= 4 is 33.2 Å². The molecule has 0 aliphatic heterocycles. The number of aryl methyl sites for hydroxylation is 2. The number of nitrogens with one attached hydrogen (secondary N) is 1. The Morgan fingerprint density at radius 2 is 2.36 bits per heavy atom. The average molecular weight is 272 g/mol. The van der Waals surface area contributed by atoms with Crippen molar-refractivity contribution in [2.24, 2.45) is 0 Å². The second-order valence-corrected chi connectivity index (χ2v) is 4.75. The zero-order chi connectivity index (χ0) is 9.97. The highest BCUT2D eigenvalue weighted by Gasteiger charge is 2.05. The number of nitrogens with zero attached hydrogens (tertiary/aromatic N) is 1. The Morgan fingerprint density at radius 1 is 1.50 bits per heavy atom. The molecule has 0 fully saturated rings. The summed E-state index contributed by atoms with van der Waals surface area (Å²) in [5.41, 5.74) is 6.60. The normalized spacial score (nSPS) is 10.6. The minimum absolute atomic E-state index is 0.470. The molecular weight excluding hydrogens is 262 g/mol. The van der Waals surface area contributed by atoms with E-state index >= 15 is 0 Å². The zero-order valence-corrected chi connectivity index (χ0v) is 9.86. The molecule has 0 radical (unpaired) electrons. The number of anilines is 1. The number of aromatic nitrogens is 2. The molecule has 5 heteroatoms. The van der Waals surface area contributed by atoms with Crippen LogP contribution in [0.25, 0.3) is 0 Å². The number of imidazole rings is 1. The maximum Gasteiger partial charge on any atom is 0.198 e. The van der Waals surface area contributed by atoms with E-state index in [0.717, 1.165) is 23.1 Å². The molecule has 0 unspecified atom stereocenters. The Kier molecular flexibility index (Phi) is 2.88. The highest BCUT2D eigenvalue weighted by molar-refractivity contribution is 9.10. The summed E-state index contributed by atoms with van der Waals surface area (Å²) in [5.74, 6) is 0.470. The fraction of sp³-hybridized carbons (Fsp3) is 0.222. The summed E-state index contributed by atoms with van der Waals surface area (Å²) in [6.07, 6.45) is 1.96. The van der Waals surface area contributed by atoms with E-state index in [1.54, 1.807) is 11.3 Å². The first-order valence-electron chi connectivity index (χ1n) is 4.28. The molecule has 0 saturated carbocycles. The summed E-state index contributed by atoms with van der Waals surface area (Å²) >= 11 is 5.14. The molecule has 0 aromatic carbocycles. The molecule has 2 aromatic heterocycles. The molecule has 2 aromatic rings. The monoisotopic (exact) mass is 271 g/mol. The van der Waals surface area contributed by atoms with Gasteiger partial charge in [-0.3, -0.25) is 0 Å². The highest BCUT2D eigenvalue weighted by atomic mass is 79.9. The van der Waals surface area contributed by atoms with Crippen molar-refractivity contribution in [3.05, 3.63) is 32.7 Å². The average Bonchev–Trinajstić information content (AvgIpc) is 2.72. The standard InChI is InChI=1S/C9H10BrN3S/c10-8-7(12-9(11)13-8)4-3-6-2-1-5-14-6/h1-2,5H,3-4H2,(H3,11,12,13). The lowest BCUT2D eigenvalue weighted by molar-refractivity contribution is 0.936. The van der Waals surface area contributed by atoms with Crippen LogP contribution in [-0.4, -0.2) is 9.97 Å². The molecule has 0 atom stereocenters. The number of hydrogen-bond acceptors (Lipinski definition) is 3. The summed E-state index contributed by atoms with van der Waals surface area (Å²) in [6.45, 7) is 0. The van der Waals surface area contributed by atoms with E-state index in [1.807, 2.05) is 0 Å². The first-order valence-corrected chi connectivity index (χ1v) is 5.95. The molecule has 0 bridgehead atoms. The number of rotatable bonds is 3. The third-order valence-corrected chi connectivity index (χ3v) is 3.54. The number of halogens is 1. The van der Waals surface area contributed by atoms with Gasteiger partial charge in [0.15, 0.2) is 5.95 Å². The fourth-order valence-electron chi connectivity index (χ4n) is 1.28. The third-order valence-electron chi connectivity index (χ3n) is 1.95. The Morgan fingerprint density at radius 3 is 2.93 bits per heavy atom. The predicted molar refractivity (Wildman–Crippen MR) is 62.4 cm³/mol. The zero-order valence-electron chi connectivity index (χ0n) is 7.46. The van der Waals surface area contributed by atoms with Gasteiger partial charge in [-0.05, 0) is 40.2 Å². The number of thiophene rings is 1. The van der Waals surface area contributed by atoms with Gasteiger partial charge in [0.25, 0.3) is 0 Å². The third kappa shape index (κ3) is 2.16. The fourth-order valence-corrected chi connectivity index (χ4v) is 2.47. The molecule has 2 heterocycles. The lowest BCUT2D eigenvalue weighted by Gasteiger charge is -1.95. The van der Waals surface area contributed by atoms with Crippen molar-refractivity contribution in [3.8, 4) is 0 Å². The molecule has 14 heavy (non-hydrogen) atoms. The maximum absolute atomic E-state index is 5.53. The van der Waals surface area contributed by atoms with Crippen molar-refractivity contribution < 1.29 is 0 Å². The van der Waals surface area contributed by atoms with Gasteiger partial charge in [-0.25, -0.2) is 4.98 Å². The van der Waals surface area contributed by atoms with E-state index in [4.69, 9.17) is 5.73 Å². The van der Waals surface area contributed by atoms with E-state index in [2.05, 4.69) is 43.4 Å². The van der Waals surface area contributed by atoms with Crippen LogP contribution in [0.3, 0.4) is 0 Å². The van der Waals surface area contributed by atoms with Crippen LogP contribution in [0.1, 0.15) is 10.6 Å². The van der Waals surface area contributed by atoms with Crippen LogP contribution in [0.4, 0.5) is 5.95 Å². The summed E-state index contributed by atoms with van der Waals surface area (Å²) < 4.78 is 0.826. The molecule has 0 aliphatic carbocycles. The Balaban J connectivity index is 2.01. The number of nitrogens with two attached hydrogens (primary N) is 1. The molecule has 0 amide bonds. The molecule has 2 rings (SSSR count). The van der Waals surface area contributed by atoms with Crippen LogP contribution in [0.15, 0.2) is 22.1 Å². The van der Waals surface area contributed by atoms with Crippen LogP contribution in [-0.2, 0) is 12.8 Å². The van der Waals surface area contributed by atoms with Crippen molar-refractivity contribution in [2.45, 2.75) is 12.8 Å². The predicted octanol–water partition coefficient (Wildman–Crippen LogP) is 2.60. The first-order chi connectivity index (χ1) is 6.75. The molecule has 74 valence electrons. The lowest BCUT2D eigenvalue weighted by atomic mass is 10.2. The van der Waals surface area contributed by atoms with Gasteiger partial charge in [0, 0.05) is 4.88 Å². The van der Waals surface area contributed by atoms with Crippen LogP contribution >= 0.6 is 27.3 Å². The summed E-state index contributed by atoms with van der Waals surface area (Å²) in [7, 11) is 0. The molecule has 0 aliphatic rings. The van der Waals surface area contributed by atoms with Gasteiger partial charge in [-0.1, -0.05) is 6.07 Å². The molecule has 0 spiro atoms. The second kappa shape index (κ2) is 4.14.